The standard InChI is InChI=1S/C27H24N6O5/c1-16-18(5-4-17-12-29-31(2)14-17)10-20(13-28-16)32(3)27(37)38-21-7-6-19-15-33(26(36)22(19)11-21)23-8-9-24(34)30-25(23)35/h6-7,10-14,23H,8-9,15H2,1-3H3,(H,30,34,35). The third-order valence-electron chi connectivity index (χ3n) is 6.48. The number of nitrogens with one attached hydrogen (secondary N) is 1. The summed E-state index contributed by atoms with van der Waals surface area (Å²) in [5.41, 5.74) is 3.68. The van der Waals surface area contributed by atoms with Gasteiger partial charge in [-0.2, -0.15) is 5.10 Å². The van der Waals surface area contributed by atoms with Crippen LogP contribution < -0.4 is 15.0 Å². The van der Waals surface area contributed by atoms with E-state index in [1.54, 1.807) is 48.5 Å². The number of fused-ring (bicyclic) bond motifs is 1. The maximum Gasteiger partial charge on any atom is 0.419 e. The number of piperidine rings is 1. The molecule has 2 aliphatic rings. The van der Waals surface area contributed by atoms with E-state index in [9.17, 15) is 19.2 Å². The zero-order valence-corrected chi connectivity index (χ0v) is 21.0. The Hall–Kier alpha value is -4.98. The summed E-state index contributed by atoms with van der Waals surface area (Å²) in [7, 11) is 3.36. The fourth-order valence-corrected chi connectivity index (χ4v) is 4.33. The summed E-state index contributed by atoms with van der Waals surface area (Å²) in [6.07, 6.45) is 4.79. The lowest BCUT2D eigenvalue weighted by Crippen LogP contribution is -2.52. The molecule has 0 radical (unpaired) electrons. The second-order valence-electron chi connectivity index (χ2n) is 9.13. The predicted octanol–water partition coefficient (Wildman–Crippen LogP) is 1.92. The van der Waals surface area contributed by atoms with Crippen molar-refractivity contribution in [2.24, 2.45) is 7.05 Å². The summed E-state index contributed by atoms with van der Waals surface area (Å²) in [4.78, 5) is 56.7. The van der Waals surface area contributed by atoms with Gasteiger partial charge < -0.3 is 9.64 Å². The molecule has 0 aliphatic carbocycles. The Morgan fingerprint density at radius 2 is 2.00 bits per heavy atom. The van der Waals surface area contributed by atoms with Crippen molar-refractivity contribution < 1.29 is 23.9 Å². The van der Waals surface area contributed by atoms with Gasteiger partial charge in [-0.1, -0.05) is 17.9 Å². The van der Waals surface area contributed by atoms with Crippen LogP contribution in [0.1, 0.15) is 45.6 Å². The number of benzene rings is 1. The fourth-order valence-electron chi connectivity index (χ4n) is 4.33. The predicted molar refractivity (Wildman–Crippen MR) is 135 cm³/mol. The molecule has 0 saturated carbocycles. The van der Waals surface area contributed by atoms with Crippen molar-refractivity contribution in [3.05, 3.63) is 70.8 Å². The number of ether oxygens (including phenoxy) is 1. The van der Waals surface area contributed by atoms with Crippen LogP contribution in [0.4, 0.5) is 10.5 Å². The molecule has 0 bridgehead atoms. The molecule has 11 heteroatoms. The van der Waals surface area contributed by atoms with Gasteiger partial charge in [-0.3, -0.25) is 34.3 Å². The molecule has 2 aliphatic heterocycles. The molecule has 3 aromatic rings. The molecular weight excluding hydrogens is 488 g/mol. The highest BCUT2D eigenvalue weighted by Crippen LogP contribution is 2.30. The Kier molecular flexibility index (Phi) is 6.38. The Balaban J connectivity index is 1.29. The van der Waals surface area contributed by atoms with Crippen LogP contribution in [0.3, 0.4) is 0 Å². The largest absolute Gasteiger partial charge is 0.419 e. The summed E-state index contributed by atoms with van der Waals surface area (Å²) in [6, 6.07) is 5.82. The lowest BCUT2D eigenvalue weighted by atomic mass is 10.0. The molecule has 4 heterocycles. The molecular formula is C27H24N6O5. The number of rotatable bonds is 3. The molecule has 1 aromatic carbocycles. The average Bonchev–Trinajstić information content (AvgIpc) is 3.45. The minimum atomic E-state index is -0.714. The number of pyridine rings is 1. The summed E-state index contributed by atoms with van der Waals surface area (Å²) < 4.78 is 7.20. The molecule has 1 atom stereocenters. The van der Waals surface area contributed by atoms with Crippen LogP contribution in [-0.4, -0.2) is 56.6 Å². The number of carbonyl (C=O) groups excluding carboxylic acids is 4. The highest BCUT2D eigenvalue weighted by molar-refractivity contribution is 6.05. The van der Waals surface area contributed by atoms with E-state index in [2.05, 4.69) is 27.2 Å². The molecule has 1 N–H and O–H groups in total. The first-order valence-corrected chi connectivity index (χ1v) is 11.9. The van der Waals surface area contributed by atoms with E-state index in [4.69, 9.17) is 4.74 Å². The zero-order valence-electron chi connectivity index (χ0n) is 21.0. The van der Waals surface area contributed by atoms with Gasteiger partial charge in [0, 0.05) is 44.4 Å². The van der Waals surface area contributed by atoms with Gasteiger partial charge in [0.15, 0.2) is 0 Å². The smallest absolute Gasteiger partial charge is 0.410 e. The summed E-state index contributed by atoms with van der Waals surface area (Å²) in [5, 5.41) is 6.38. The second kappa shape index (κ2) is 9.82. The van der Waals surface area contributed by atoms with Crippen molar-refractivity contribution >= 4 is 29.5 Å². The molecule has 192 valence electrons. The van der Waals surface area contributed by atoms with E-state index in [0.29, 0.717) is 28.1 Å². The van der Waals surface area contributed by atoms with Crippen LogP contribution in [0.2, 0.25) is 0 Å². The van der Waals surface area contributed by atoms with Crippen LogP contribution in [0, 0.1) is 18.8 Å². The van der Waals surface area contributed by atoms with Gasteiger partial charge in [0.25, 0.3) is 5.91 Å². The number of nitrogens with zero attached hydrogens (tertiary/aromatic N) is 5. The van der Waals surface area contributed by atoms with Crippen LogP contribution in [0.25, 0.3) is 0 Å². The first kappa shape index (κ1) is 24.7. The van der Waals surface area contributed by atoms with Gasteiger partial charge in [0.1, 0.15) is 11.8 Å². The normalized spacial score (nSPS) is 16.4. The molecule has 1 saturated heterocycles. The van der Waals surface area contributed by atoms with E-state index in [0.717, 1.165) is 5.56 Å². The fraction of sp³-hybridized carbons (Fsp3) is 0.259. The number of amides is 4. The minimum absolute atomic E-state index is 0.177. The van der Waals surface area contributed by atoms with Crippen molar-refractivity contribution in [2.45, 2.75) is 32.4 Å². The van der Waals surface area contributed by atoms with E-state index >= 15 is 0 Å². The lowest BCUT2D eigenvalue weighted by molar-refractivity contribution is -0.136. The molecule has 38 heavy (non-hydrogen) atoms. The molecule has 11 nitrogen and oxygen atoms in total. The number of imide groups is 1. The van der Waals surface area contributed by atoms with Crippen molar-refractivity contribution in [2.75, 3.05) is 11.9 Å². The Morgan fingerprint density at radius 3 is 2.74 bits per heavy atom. The van der Waals surface area contributed by atoms with E-state index in [1.165, 1.54) is 15.9 Å². The summed E-state index contributed by atoms with van der Waals surface area (Å²) >= 11 is 0. The van der Waals surface area contributed by atoms with Crippen LogP contribution >= 0.6 is 0 Å². The molecule has 2 aromatic heterocycles. The van der Waals surface area contributed by atoms with Gasteiger partial charge in [0.2, 0.25) is 11.8 Å². The van der Waals surface area contributed by atoms with Gasteiger partial charge in [-0.25, -0.2) is 4.79 Å². The molecule has 1 fully saturated rings. The van der Waals surface area contributed by atoms with Gasteiger partial charge >= 0.3 is 6.09 Å². The number of hydrogen-bond acceptors (Lipinski definition) is 7. The topological polar surface area (TPSA) is 127 Å². The first-order chi connectivity index (χ1) is 18.2. The van der Waals surface area contributed by atoms with Crippen LogP contribution in [-0.2, 0) is 23.2 Å². The number of aromatic nitrogens is 3. The summed E-state index contributed by atoms with van der Waals surface area (Å²) in [6.45, 7) is 2.07. The van der Waals surface area contributed by atoms with Crippen molar-refractivity contribution in [1.82, 2.24) is 25.0 Å². The number of carbonyl (C=O) groups is 4. The van der Waals surface area contributed by atoms with Gasteiger partial charge in [0.05, 0.1) is 29.3 Å². The van der Waals surface area contributed by atoms with Crippen LogP contribution in [0.5, 0.6) is 5.75 Å². The van der Waals surface area contributed by atoms with Crippen molar-refractivity contribution in [3.63, 3.8) is 0 Å². The summed E-state index contributed by atoms with van der Waals surface area (Å²) in [5.74, 6) is 5.12. The van der Waals surface area contributed by atoms with Gasteiger partial charge in [-0.15, -0.1) is 0 Å². The van der Waals surface area contributed by atoms with E-state index < -0.39 is 18.0 Å². The van der Waals surface area contributed by atoms with Gasteiger partial charge in [-0.05, 0) is 37.1 Å². The van der Waals surface area contributed by atoms with E-state index in [-0.39, 0.29) is 37.0 Å². The zero-order chi connectivity index (χ0) is 27.0. The monoisotopic (exact) mass is 512 g/mol. The SMILES string of the molecule is Cc1ncc(N(C)C(=O)Oc2ccc3c(c2)C(=O)N(C2CCC(=O)NC2=O)C3)cc1C#Cc1cnn(C)c1. The highest BCUT2D eigenvalue weighted by Gasteiger charge is 2.39. The number of anilines is 1. The minimum Gasteiger partial charge on any atom is -0.410 e. The Morgan fingerprint density at radius 1 is 1.18 bits per heavy atom. The second-order valence-corrected chi connectivity index (χ2v) is 9.13. The third kappa shape index (κ3) is 4.84. The highest BCUT2D eigenvalue weighted by atomic mass is 16.6. The lowest BCUT2D eigenvalue weighted by Gasteiger charge is -2.29. The molecule has 0 spiro atoms. The first-order valence-electron chi connectivity index (χ1n) is 11.9. The van der Waals surface area contributed by atoms with E-state index in [1.807, 2.05) is 14.0 Å². The molecule has 5 rings (SSSR count). The Labute approximate surface area is 218 Å². The number of aryl methyl sites for hydroxylation is 2. The van der Waals surface area contributed by atoms with Crippen molar-refractivity contribution in [1.29, 1.82) is 0 Å². The quantitative estimate of drug-likeness (QED) is 0.420. The maximum absolute atomic E-state index is 13.0. The number of hydrogen-bond donors (Lipinski definition) is 1. The average molecular weight is 513 g/mol. The molecule has 1 unspecified atom stereocenters. The van der Waals surface area contributed by atoms with Crippen LogP contribution in [0.15, 0.2) is 42.9 Å². The van der Waals surface area contributed by atoms with Crippen molar-refractivity contribution in [3.8, 4) is 17.6 Å². The maximum atomic E-state index is 13.0. The molecule has 4 amide bonds. The third-order valence-corrected chi connectivity index (χ3v) is 6.48. The Bertz CT molecular complexity index is 1550.